The fourth-order valence-corrected chi connectivity index (χ4v) is 2.93. The van der Waals surface area contributed by atoms with E-state index in [4.69, 9.17) is 9.47 Å². The Hall–Kier alpha value is -2.24. The van der Waals surface area contributed by atoms with Gasteiger partial charge in [-0.05, 0) is 38.3 Å². The number of hydrogen-bond acceptors (Lipinski definition) is 4. The maximum atomic E-state index is 12.0. The molecule has 1 fully saturated rings. The van der Waals surface area contributed by atoms with Crippen molar-refractivity contribution in [1.29, 1.82) is 0 Å². The van der Waals surface area contributed by atoms with Gasteiger partial charge >= 0.3 is 5.97 Å². The van der Waals surface area contributed by atoms with Crippen molar-refractivity contribution in [3.8, 4) is 5.75 Å². The summed E-state index contributed by atoms with van der Waals surface area (Å²) in [5.74, 6) is 1.57. The average molecular weight is 347 g/mol. The van der Waals surface area contributed by atoms with Gasteiger partial charge in [0, 0.05) is 26.7 Å². The van der Waals surface area contributed by atoms with Crippen molar-refractivity contribution in [2.24, 2.45) is 10.9 Å². The second-order valence-electron chi connectivity index (χ2n) is 6.03. The zero-order valence-corrected chi connectivity index (χ0v) is 15.2. The predicted octanol–water partition coefficient (Wildman–Crippen LogP) is 2.31. The lowest BCUT2D eigenvalue weighted by Gasteiger charge is -2.33. The van der Waals surface area contributed by atoms with Crippen LogP contribution < -0.4 is 10.1 Å². The van der Waals surface area contributed by atoms with Crippen LogP contribution in [0.3, 0.4) is 0 Å². The van der Waals surface area contributed by atoms with Crippen molar-refractivity contribution in [2.45, 2.75) is 26.2 Å². The van der Waals surface area contributed by atoms with E-state index < -0.39 is 0 Å². The summed E-state index contributed by atoms with van der Waals surface area (Å²) >= 11 is 0. The molecule has 0 amide bonds. The van der Waals surface area contributed by atoms with Gasteiger partial charge in [0.15, 0.2) is 5.96 Å². The third kappa shape index (κ3) is 6.29. The summed E-state index contributed by atoms with van der Waals surface area (Å²) in [6.45, 7) is 5.29. The van der Waals surface area contributed by atoms with E-state index in [1.54, 1.807) is 7.05 Å². The second-order valence-corrected chi connectivity index (χ2v) is 6.03. The highest BCUT2D eigenvalue weighted by Crippen LogP contribution is 2.18. The first-order valence-corrected chi connectivity index (χ1v) is 9.04. The third-order valence-electron chi connectivity index (χ3n) is 4.17. The lowest BCUT2D eigenvalue weighted by Crippen LogP contribution is -2.48. The fraction of sp³-hybridized carbons (Fsp3) is 0.579. The monoisotopic (exact) mass is 347 g/mol. The van der Waals surface area contributed by atoms with Crippen molar-refractivity contribution < 1.29 is 14.3 Å². The zero-order chi connectivity index (χ0) is 17.9. The summed E-state index contributed by atoms with van der Waals surface area (Å²) < 4.78 is 10.8. The maximum absolute atomic E-state index is 12.0. The summed E-state index contributed by atoms with van der Waals surface area (Å²) in [6.07, 6.45) is 2.74. The van der Waals surface area contributed by atoms with Gasteiger partial charge in [-0.25, -0.2) is 0 Å². The number of guanidine groups is 1. The molecule has 1 N–H and O–H groups in total. The molecule has 0 spiro atoms. The van der Waals surface area contributed by atoms with E-state index >= 15 is 0 Å². The first kappa shape index (κ1) is 19.1. The number of rotatable bonds is 7. The van der Waals surface area contributed by atoms with Crippen molar-refractivity contribution in [3.63, 3.8) is 0 Å². The maximum Gasteiger partial charge on any atom is 0.310 e. The summed E-state index contributed by atoms with van der Waals surface area (Å²) in [5.41, 5.74) is 0. The molecule has 6 heteroatoms. The van der Waals surface area contributed by atoms with Crippen LogP contribution in [0.25, 0.3) is 0 Å². The van der Waals surface area contributed by atoms with Gasteiger partial charge < -0.3 is 19.7 Å². The van der Waals surface area contributed by atoms with Gasteiger partial charge in [0.2, 0.25) is 0 Å². The molecule has 0 saturated carbocycles. The Morgan fingerprint density at radius 1 is 1.36 bits per heavy atom. The van der Waals surface area contributed by atoms with Crippen LogP contribution in [0.5, 0.6) is 5.75 Å². The van der Waals surface area contributed by atoms with Gasteiger partial charge in [-0.3, -0.25) is 9.79 Å². The Morgan fingerprint density at radius 2 is 2.16 bits per heavy atom. The Balaban J connectivity index is 1.71. The van der Waals surface area contributed by atoms with Crippen molar-refractivity contribution in [1.82, 2.24) is 10.2 Å². The van der Waals surface area contributed by atoms with Crippen LogP contribution in [-0.4, -0.2) is 56.7 Å². The Morgan fingerprint density at radius 3 is 2.88 bits per heavy atom. The van der Waals surface area contributed by atoms with Crippen molar-refractivity contribution in [2.75, 3.05) is 39.9 Å². The van der Waals surface area contributed by atoms with E-state index in [9.17, 15) is 4.79 Å². The van der Waals surface area contributed by atoms with Crippen LogP contribution in [0.2, 0.25) is 0 Å². The number of aliphatic imine (C=N–C) groups is 1. The number of carbonyl (C=O) groups is 1. The largest absolute Gasteiger partial charge is 0.494 e. The quantitative estimate of drug-likeness (QED) is 0.355. The van der Waals surface area contributed by atoms with Gasteiger partial charge in [-0.15, -0.1) is 0 Å². The Kier molecular flexibility index (Phi) is 8.09. The number of nitrogens with one attached hydrogen (secondary N) is 1. The van der Waals surface area contributed by atoms with Crippen LogP contribution in [-0.2, 0) is 9.53 Å². The Labute approximate surface area is 150 Å². The second kappa shape index (κ2) is 10.6. The van der Waals surface area contributed by atoms with E-state index in [0.717, 1.165) is 44.1 Å². The zero-order valence-electron chi connectivity index (χ0n) is 15.2. The molecule has 1 aromatic carbocycles. The first-order valence-electron chi connectivity index (χ1n) is 9.04. The SMILES string of the molecule is CCOC(=O)C1CCCN(C(=NC)NCCCOc2ccccc2)C1. The molecule has 25 heavy (non-hydrogen) atoms. The topological polar surface area (TPSA) is 63.2 Å². The molecule has 1 atom stereocenters. The Bertz CT molecular complexity index is 548. The number of carbonyl (C=O) groups excluding carboxylic acids is 1. The molecule has 1 aliphatic heterocycles. The molecule has 1 aromatic rings. The number of para-hydroxylation sites is 1. The minimum absolute atomic E-state index is 0.0614. The van der Waals surface area contributed by atoms with E-state index in [2.05, 4.69) is 15.2 Å². The highest BCUT2D eigenvalue weighted by atomic mass is 16.5. The highest BCUT2D eigenvalue weighted by molar-refractivity contribution is 5.81. The molecule has 1 heterocycles. The highest BCUT2D eigenvalue weighted by Gasteiger charge is 2.28. The molecule has 0 bridgehead atoms. The number of benzene rings is 1. The molecule has 0 aromatic heterocycles. The average Bonchev–Trinajstić information content (AvgIpc) is 2.66. The van der Waals surface area contributed by atoms with E-state index in [1.807, 2.05) is 37.3 Å². The summed E-state index contributed by atoms with van der Waals surface area (Å²) in [7, 11) is 1.77. The van der Waals surface area contributed by atoms with Gasteiger partial charge in [0.25, 0.3) is 0 Å². The standard InChI is InChI=1S/C19H29N3O3/c1-3-24-18(23)16-9-7-13-22(15-16)19(20-2)21-12-8-14-25-17-10-5-4-6-11-17/h4-6,10-11,16H,3,7-9,12-15H2,1-2H3,(H,20,21). The third-order valence-corrected chi connectivity index (χ3v) is 4.17. The number of esters is 1. The number of ether oxygens (including phenoxy) is 2. The fourth-order valence-electron chi connectivity index (χ4n) is 2.93. The van der Waals surface area contributed by atoms with E-state index in [0.29, 0.717) is 19.8 Å². The van der Waals surface area contributed by atoms with Crippen LogP contribution in [0.4, 0.5) is 0 Å². The van der Waals surface area contributed by atoms with Crippen molar-refractivity contribution >= 4 is 11.9 Å². The van der Waals surface area contributed by atoms with Crippen molar-refractivity contribution in [3.05, 3.63) is 30.3 Å². The molecular formula is C19H29N3O3. The predicted molar refractivity (Wildman–Crippen MR) is 98.8 cm³/mol. The summed E-state index contributed by atoms with van der Waals surface area (Å²) in [5, 5.41) is 3.36. The van der Waals surface area contributed by atoms with Crippen LogP contribution in [0, 0.1) is 5.92 Å². The normalized spacial score (nSPS) is 17.9. The van der Waals surface area contributed by atoms with E-state index in [1.165, 1.54) is 0 Å². The molecule has 6 nitrogen and oxygen atoms in total. The molecule has 1 unspecified atom stereocenters. The number of nitrogens with zero attached hydrogens (tertiary/aromatic N) is 2. The number of piperidine rings is 1. The van der Waals surface area contributed by atoms with Crippen LogP contribution in [0.15, 0.2) is 35.3 Å². The molecule has 138 valence electrons. The lowest BCUT2D eigenvalue weighted by atomic mass is 9.98. The van der Waals surface area contributed by atoms with E-state index in [-0.39, 0.29) is 11.9 Å². The lowest BCUT2D eigenvalue weighted by molar-refractivity contribution is -0.149. The molecule has 0 radical (unpaired) electrons. The minimum atomic E-state index is -0.0982. The molecule has 2 rings (SSSR count). The minimum Gasteiger partial charge on any atom is -0.494 e. The molecule has 1 saturated heterocycles. The molecular weight excluding hydrogens is 318 g/mol. The van der Waals surface area contributed by atoms with Gasteiger partial charge in [0.05, 0.1) is 19.1 Å². The number of hydrogen-bond donors (Lipinski definition) is 1. The first-order chi connectivity index (χ1) is 12.2. The van der Waals surface area contributed by atoms with Gasteiger partial charge in [-0.1, -0.05) is 18.2 Å². The number of likely N-dealkylation sites (tertiary alicyclic amines) is 1. The molecule has 0 aliphatic carbocycles. The summed E-state index contributed by atoms with van der Waals surface area (Å²) in [4.78, 5) is 18.5. The van der Waals surface area contributed by atoms with Gasteiger partial charge in [0.1, 0.15) is 5.75 Å². The van der Waals surface area contributed by atoms with Crippen LogP contribution in [0.1, 0.15) is 26.2 Å². The van der Waals surface area contributed by atoms with Crippen LogP contribution >= 0.6 is 0 Å². The molecule has 1 aliphatic rings. The smallest absolute Gasteiger partial charge is 0.310 e. The summed E-state index contributed by atoms with van der Waals surface area (Å²) in [6, 6.07) is 9.81. The van der Waals surface area contributed by atoms with Gasteiger partial charge in [-0.2, -0.15) is 0 Å².